The minimum atomic E-state index is -0.451. The van der Waals surface area contributed by atoms with Gasteiger partial charge < -0.3 is 14.2 Å². The molecule has 0 N–H and O–H groups in total. The van der Waals surface area contributed by atoms with Crippen LogP contribution in [0.2, 0.25) is 0 Å². The number of Topliss-reactive ketones (excluding diaryl/α,β-unsaturated/α-hetero) is 1. The minimum absolute atomic E-state index is 0.188. The SMILES string of the molecule is CC(=O)c1ccc(N2CCN(C(=O)c3oc4ccc(F)cc4c3C)CC2)c(F)c1. The third-order valence-corrected chi connectivity index (χ3v) is 5.35. The lowest BCUT2D eigenvalue weighted by Crippen LogP contribution is -2.49. The molecule has 2 heterocycles. The van der Waals surface area contributed by atoms with Crippen LogP contribution < -0.4 is 4.90 Å². The lowest BCUT2D eigenvalue weighted by molar-refractivity contribution is 0.0715. The summed E-state index contributed by atoms with van der Waals surface area (Å²) in [6.07, 6.45) is 0. The number of hydrogen-bond donors (Lipinski definition) is 0. The monoisotopic (exact) mass is 398 g/mol. The second-order valence-corrected chi connectivity index (χ2v) is 7.20. The number of benzene rings is 2. The molecule has 150 valence electrons. The molecule has 1 fully saturated rings. The predicted molar refractivity (Wildman–Crippen MR) is 105 cm³/mol. The second-order valence-electron chi connectivity index (χ2n) is 7.20. The number of ketones is 1. The van der Waals surface area contributed by atoms with Crippen molar-refractivity contribution in [1.82, 2.24) is 4.90 Å². The average molecular weight is 398 g/mol. The van der Waals surface area contributed by atoms with E-state index in [1.54, 1.807) is 24.0 Å². The molecule has 7 heteroatoms. The quantitative estimate of drug-likeness (QED) is 0.621. The van der Waals surface area contributed by atoms with Crippen LogP contribution in [0.5, 0.6) is 0 Å². The highest BCUT2D eigenvalue weighted by Gasteiger charge is 2.27. The van der Waals surface area contributed by atoms with Gasteiger partial charge in [-0.3, -0.25) is 9.59 Å². The minimum Gasteiger partial charge on any atom is -0.451 e. The number of fused-ring (bicyclic) bond motifs is 1. The number of furan rings is 1. The highest BCUT2D eigenvalue weighted by molar-refractivity contribution is 5.99. The molecule has 1 saturated heterocycles. The molecular formula is C22H20F2N2O3. The van der Waals surface area contributed by atoms with E-state index in [0.29, 0.717) is 54.0 Å². The fraction of sp³-hybridized carbons (Fsp3) is 0.273. The highest BCUT2D eigenvalue weighted by atomic mass is 19.1. The summed E-state index contributed by atoms with van der Waals surface area (Å²) in [5.41, 5.74) is 1.82. The van der Waals surface area contributed by atoms with Crippen molar-refractivity contribution in [3.63, 3.8) is 0 Å². The zero-order valence-corrected chi connectivity index (χ0v) is 16.2. The van der Waals surface area contributed by atoms with Crippen molar-refractivity contribution in [2.45, 2.75) is 13.8 Å². The molecule has 0 aliphatic carbocycles. The lowest BCUT2D eigenvalue weighted by Gasteiger charge is -2.36. The summed E-state index contributed by atoms with van der Waals surface area (Å²) in [6, 6.07) is 8.61. The van der Waals surface area contributed by atoms with Gasteiger partial charge in [-0.25, -0.2) is 8.78 Å². The fourth-order valence-corrected chi connectivity index (χ4v) is 3.67. The topological polar surface area (TPSA) is 53.8 Å². The van der Waals surface area contributed by atoms with Crippen molar-refractivity contribution in [1.29, 1.82) is 0 Å². The number of anilines is 1. The molecule has 0 bridgehead atoms. The number of nitrogens with zero attached hydrogens (tertiary/aromatic N) is 2. The normalized spacial score (nSPS) is 14.5. The fourth-order valence-electron chi connectivity index (χ4n) is 3.67. The van der Waals surface area contributed by atoms with Crippen LogP contribution >= 0.6 is 0 Å². The van der Waals surface area contributed by atoms with E-state index in [9.17, 15) is 18.4 Å². The van der Waals surface area contributed by atoms with Crippen LogP contribution in [0.25, 0.3) is 11.0 Å². The summed E-state index contributed by atoms with van der Waals surface area (Å²) in [6.45, 7) is 4.84. The summed E-state index contributed by atoms with van der Waals surface area (Å²) in [4.78, 5) is 27.8. The van der Waals surface area contributed by atoms with Crippen LogP contribution in [0.1, 0.15) is 33.4 Å². The van der Waals surface area contributed by atoms with Gasteiger partial charge >= 0.3 is 0 Å². The van der Waals surface area contributed by atoms with E-state index >= 15 is 0 Å². The number of aryl methyl sites for hydroxylation is 1. The maximum Gasteiger partial charge on any atom is 0.290 e. The standard InChI is InChI=1S/C22H20F2N2O3/c1-13-17-12-16(23)4-6-20(17)29-21(13)22(28)26-9-7-25(8-10-26)19-5-3-15(14(2)27)11-18(19)24/h3-6,11-12H,7-10H2,1-2H3. The first-order chi connectivity index (χ1) is 13.8. The molecule has 4 rings (SSSR count). The third-order valence-electron chi connectivity index (χ3n) is 5.35. The average Bonchev–Trinajstić information content (AvgIpc) is 3.03. The Morgan fingerprint density at radius 2 is 1.72 bits per heavy atom. The van der Waals surface area contributed by atoms with E-state index < -0.39 is 5.82 Å². The molecule has 1 aromatic heterocycles. The zero-order valence-electron chi connectivity index (χ0n) is 16.2. The summed E-state index contributed by atoms with van der Waals surface area (Å²) >= 11 is 0. The van der Waals surface area contributed by atoms with Gasteiger partial charge in [0.25, 0.3) is 5.91 Å². The van der Waals surface area contributed by atoms with Gasteiger partial charge in [-0.15, -0.1) is 0 Å². The van der Waals surface area contributed by atoms with E-state index in [-0.39, 0.29) is 23.3 Å². The van der Waals surface area contributed by atoms with E-state index in [0.717, 1.165) is 0 Å². The Bertz CT molecular complexity index is 1110. The highest BCUT2D eigenvalue weighted by Crippen LogP contribution is 2.28. The van der Waals surface area contributed by atoms with Gasteiger partial charge in [-0.2, -0.15) is 0 Å². The molecule has 29 heavy (non-hydrogen) atoms. The number of carbonyl (C=O) groups is 2. The molecule has 0 saturated carbocycles. The second kappa shape index (κ2) is 7.31. The Labute approximate surface area is 166 Å². The molecule has 5 nitrogen and oxygen atoms in total. The number of piperazine rings is 1. The number of rotatable bonds is 3. The zero-order chi connectivity index (χ0) is 20.7. The molecule has 3 aromatic rings. The maximum atomic E-state index is 14.4. The van der Waals surface area contributed by atoms with Gasteiger partial charge in [0.1, 0.15) is 17.2 Å². The van der Waals surface area contributed by atoms with E-state index in [2.05, 4.69) is 0 Å². The smallest absolute Gasteiger partial charge is 0.290 e. The number of carbonyl (C=O) groups excluding carboxylic acids is 2. The first kappa shape index (κ1) is 19.1. The lowest BCUT2D eigenvalue weighted by atomic mass is 10.1. The van der Waals surface area contributed by atoms with Crippen LogP contribution in [-0.4, -0.2) is 42.8 Å². The Balaban J connectivity index is 1.49. The molecule has 0 atom stereocenters. The maximum absolute atomic E-state index is 14.4. The van der Waals surface area contributed by atoms with Gasteiger partial charge in [-0.05, 0) is 50.2 Å². The van der Waals surface area contributed by atoms with Gasteiger partial charge in [-0.1, -0.05) is 0 Å². The van der Waals surface area contributed by atoms with Crippen LogP contribution in [-0.2, 0) is 0 Å². The van der Waals surface area contributed by atoms with Crippen LogP contribution in [0.3, 0.4) is 0 Å². The van der Waals surface area contributed by atoms with Gasteiger partial charge in [0.15, 0.2) is 11.5 Å². The third kappa shape index (κ3) is 3.48. The van der Waals surface area contributed by atoms with Crippen molar-refractivity contribution in [2.75, 3.05) is 31.1 Å². The molecule has 0 radical (unpaired) electrons. The van der Waals surface area contributed by atoms with Crippen molar-refractivity contribution in [3.05, 3.63) is 64.9 Å². The number of amides is 1. The molecule has 2 aromatic carbocycles. The van der Waals surface area contributed by atoms with Crippen molar-refractivity contribution < 1.29 is 22.8 Å². The summed E-state index contributed by atoms with van der Waals surface area (Å²) in [5.74, 6) is -1.08. The summed E-state index contributed by atoms with van der Waals surface area (Å²) < 4.78 is 33.6. The van der Waals surface area contributed by atoms with Gasteiger partial charge in [0.05, 0.1) is 5.69 Å². The van der Waals surface area contributed by atoms with Crippen LogP contribution in [0.15, 0.2) is 40.8 Å². The summed E-state index contributed by atoms with van der Waals surface area (Å²) in [7, 11) is 0. The molecule has 0 spiro atoms. The van der Waals surface area contributed by atoms with Crippen molar-refractivity contribution >= 4 is 28.3 Å². The van der Waals surface area contributed by atoms with E-state index in [1.165, 1.54) is 31.2 Å². The Hall–Kier alpha value is -3.22. The van der Waals surface area contributed by atoms with Gasteiger partial charge in [0, 0.05) is 42.7 Å². The molecule has 1 aliphatic heterocycles. The van der Waals surface area contributed by atoms with Crippen molar-refractivity contribution in [2.24, 2.45) is 0 Å². The number of halogens is 2. The first-order valence-corrected chi connectivity index (χ1v) is 9.38. The first-order valence-electron chi connectivity index (χ1n) is 9.38. The number of hydrogen-bond acceptors (Lipinski definition) is 4. The Morgan fingerprint density at radius 3 is 2.38 bits per heavy atom. The van der Waals surface area contributed by atoms with E-state index in [4.69, 9.17) is 4.42 Å². The van der Waals surface area contributed by atoms with E-state index in [1.807, 2.05) is 4.90 Å². The summed E-state index contributed by atoms with van der Waals surface area (Å²) in [5, 5.41) is 0.583. The predicted octanol–water partition coefficient (Wildman–Crippen LogP) is 4.18. The molecule has 1 amide bonds. The molecule has 1 aliphatic rings. The van der Waals surface area contributed by atoms with Crippen LogP contribution in [0.4, 0.5) is 14.5 Å². The molecular weight excluding hydrogens is 378 g/mol. The Morgan fingerprint density at radius 1 is 1.00 bits per heavy atom. The Kier molecular flexibility index (Phi) is 4.82. The molecule has 0 unspecified atom stereocenters. The van der Waals surface area contributed by atoms with Gasteiger partial charge in [0.2, 0.25) is 0 Å². The van der Waals surface area contributed by atoms with Crippen molar-refractivity contribution in [3.8, 4) is 0 Å². The van der Waals surface area contributed by atoms with Crippen LogP contribution in [0, 0.1) is 18.6 Å². The largest absolute Gasteiger partial charge is 0.451 e.